The van der Waals surface area contributed by atoms with Crippen LogP contribution in [0.25, 0.3) is 12.2 Å². The third-order valence-corrected chi connectivity index (χ3v) is 8.94. The van der Waals surface area contributed by atoms with E-state index in [0.717, 1.165) is 70.9 Å². The van der Waals surface area contributed by atoms with Crippen LogP contribution in [-0.2, 0) is 9.59 Å². The summed E-state index contributed by atoms with van der Waals surface area (Å²) in [4.78, 5) is 40.5. The predicted molar refractivity (Wildman–Crippen MR) is 203 cm³/mol. The Bertz CT molecular complexity index is 1850. The quantitative estimate of drug-likeness (QED) is 0.0959. The topological polar surface area (TPSA) is 102 Å². The number of aliphatic imine (C=N–C) groups is 2. The van der Waals surface area contributed by atoms with Crippen LogP contribution in [-0.4, -0.2) is 74.8 Å². The molecule has 266 valence electrons. The number of ether oxygens (including phenoxy) is 4. The van der Waals surface area contributed by atoms with E-state index in [1.807, 2.05) is 97.1 Å². The largest absolute Gasteiger partial charge is 0.497 e. The Kier molecular flexibility index (Phi) is 11.5. The lowest BCUT2D eigenvalue weighted by atomic mass is 10.1. The number of unbranched alkanes of at least 4 members (excludes halogenated alkanes) is 3. The van der Waals surface area contributed by atoms with Gasteiger partial charge in [0.15, 0.2) is 0 Å². The summed E-state index contributed by atoms with van der Waals surface area (Å²) in [6.45, 7) is 1.03. The molecule has 4 aromatic rings. The molecule has 0 atom stereocenters. The molecule has 2 aliphatic heterocycles. The number of hydrogen-bond acceptors (Lipinski definition) is 8. The van der Waals surface area contributed by atoms with E-state index in [0.29, 0.717) is 36.2 Å². The second kappa shape index (κ2) is 16.7. The van der Waals surface area contributed by atoms with Crippen LogP contribution in [0.1, 0.15) is 47.9 Å². The lowest BCUT2D eigenvalue weighted by Crippen LogP contribution is -2.34. The van der Waals surface area contributed by atoms with Crippen molar-refractivity contribution in [1.29, 1.82) is 0 Å². The molecule has 0 bridgehead atoms. The second-order valence-corrected chi connectivity index (χ2v) is 12.3. The number of amidine groups is 2. The van der Waals surface area contributed by atoms with Gasteiger partial charge >= 0.3 is 0 Å². The van der Waals surface area contributed by atoms with Crippen molar-refractivity contribution >= 4 is 35.6 Å². The van der Waals surface area contributed by atoms with Crippen molar-refractivity contribution in [1.82, 2.24) is 9.80 Å². The van der Waals surface area contributed by atoms with Crippen LogP contribution in [0.15, 0.2) is 118 Å². The Morgan fingerprint density at radius 1 is 0.462 bits per heavy atom. The maximum absolute atomic E-state index is 13.7. The minimum absolute atomic E-state index is 0.138. The van der Waals surface area contributed by atoms with Crippen LogP contribution < -0.4 is 18.9 Å². The highest BCUT2D eigenvalue weighted by molar-refractivity contribution is 6.20. The van der Waals surface area contributed by atoms with E-state index >= 15 is 0 Å². The number of nitrogens with zero attached hydrogens (tertiary/aromatic N) is 4. The number of carbonyl (C=O) groups excluding carboxylic acids is 2. The van der Waals surface area contributed by atoms with Gasteiger partial charge in [-0.3, -0.25) is 19.4 Å². The van der Waals surface area contributed by atoms with E-state index in [1.54, 1.807) is 50.4 Å². The van der Waals surface area contributed by atoms with E-state index < -0.39 is 0 Å². The molecule has 2 heterocycles. The van der Waals surface area contributed by atoms with Crippen LogP contribution in [0.4, 0.5) is 0 Å². The third-order valence-electron chi connectivity index (χ3n) is 8.94. The molecule has 0 fully saturated rings. The van der Waals surface area contributed by atoms with E-state index in [2.05, 4.69) is 0 Å². The Morgan fingerprint density at radius 2 is 0.769 bits per heavy atom. The lowest BCUT2D eigenvalue weighted by molar-refractivity contribution is -0.123. The molecular weight excluding hydrogens is 656 g/mol. The average molecular weight is 699 g/mol. The number of carbonyl (C=O) groups is 2. The normalized spacial score (nSPS) is 15.7. The standard InChI is InChI=1S/C42H42N4O6/c1-49-33-17-9-29(10-18-33)27-37-41(47)45(39(43-37)31-13-21-35(51-3)22-14-31)25-7-5-6-8-26-46-40(32-15-23-36(52-4)24-16-32)44-38(42(46)48)28-30-11-19-34(50-2)20-12-30/h9-24,27-28H,5-8,25-26H2,1-4H3/b37-27-,38-28+. The fraction of sp³-hybridized carbons (Fsp3) is 0.238. The van der Waals surface area contributed by atoms with Crippen molar-refractivity contribution in [2.45, 2.75) is 25.7 Å². The van der Waals surface area contributed by atoms with Crippen molar-refractivity contribution in [3.05, 3.63) is 131 Å². The van der Waals surface area contributed by atoms with Gasteiger partial charge in [-0.2, -0.15) is 0 Å². The molecule has 10 heteroatoms. The molecule has 4 aromatic carbocycles. The van der Waals surface area contributed by atoms with Gasteiger partial charge < -0.3 is 18.9 Å². The summed E-state index contributed by atoms with van der Waals surface area (Å²) in [5.74, 6) is 3.91. The lowest BCUT2D eigenvalue weighted by Gasteiger charge is -2.20. The van der Waals surface area contributed by atoms with Crippen molar-refractivity contribution in [2.24, 2.45) is 9.98 Å². The minimum atomic E-state index is -0.138. The van der Waals surface area contributed by atoms with Gasteiger partial charge in [0.1, 0.15) is 46.1 Å². The molecule has 6 rings (SSSR count). The highest BCUT2D eigenvalue weighted by atomic mass is 16.5. The number of rotatable bonds is 15. The Hall–Kier alpha value is -6.16. The summed E-state index contributed by atoms with van der Waals surface area (Å²) in [6, 6.07) is 30.2. The summed E-state index contributed by atoms with van der Waals surface area (Å²) in [5, 5.41) is 0. The van der Waals surface area contributed by atoms with E-state index in [1.165, 1.54) is 0 Å². The Balaban J connectivity index is 1.11. The molecule has 0 radical (unpaired) electrons. The molecule has 2 amide bonds. The first-order valence-corrected chi connectivity index (χ1v) is 17.2. The summed E-state index contributed by atoms with van der Waals surface area (Å²) >= 11 is 0. The SMILES string of the molecule is COc1ccc(/C=C2\N=C(c3ccc(OC)cc3)N(CCCCCCN3C(=O)/C(=C\c4ccc(OC)cc4)N=C3c3ccc(OC)cc3)C2=O)cc1. The minimum Gasteiger partial charge on any atom is -0.497 e. The second-order valence-electron chi connectivity index (χ2n) is 12.3. The smallest absolute Gasteiger partial charge is 0.278 e. The van der Waals surface area contributed by atoms with Crippen molar-refractivity contribution < 1.29 is 28.5 Å². The number of benzene rings is 4. The molecule has 0 saturated carbocycles. The zero-order chi connectivity index (χ0) is 36.5. The molecule has 0 N–H and O–H groups in total. The molecule has 52 heavy (non-hydrogen) atoms. The van der Waals surface area contributed by atoms with Gasteiger partial charge in [0.25, 0.3) is 11.8 Å². The van der Waals surface area contributed by atoms with Gasteiger partial charge in [0, 0.05) is 24.2 Å². The van der Waals surface area contributed by atoms with E-state index in [4.69, 9.17) is 28.9 Å². The predicted octanol–water partition coefficient (Wildman–Crippen LogP) is 7.24. The third kappa shape index (κ3) is 8.24. The van der Waals surface area contributed by atoms with Crippen molar-refractivity contribution in [3.8, 4) is 23.0 Å². The van der Waals surface area contributed by atoms with Gasteiger partial charge in [-0.1, -0.05) is 37.1 Å². The van der Waals surface area contributed by atoms with Crippen molar-refractivity contribution in [3.63, 3.8) is 0 Å². The molecule has 0 aromatic heterocycles. The molecule has 10 nitrogen and oxygen atoms in total. The first-order chi connectivity index (χ1) is 25.4. The maximum atomic E-state index is 13.7. The maximum Gasteiger partial charge on any atom is 0.278 e. The van der Waals surface area contributed by atoms with Crippen molar-refractivity contribution in [2.75, 3.05) is 41.5 Å². The van der Waals surface area contributed by atoms with E-state index in [-0.39, 0.29) is 11.8 Å². The zero-order valence-electron chi connectivity index (χ0n) is 29.9. The summed E-state index contributed by atoms with van der Waals surface area (Å²) in [6.07, 6.45) is 6.88. The molecule has 0 unspecified atom stereocenters. The molecule has 0 spiro atoms. The fourth-order valence-corrected chi connectivity index (χ4v) is 6.05. The molecule has 0 saturated heterocycles. The summed E-state index contributed by atoms with van der Waals surface area (Å²) < 4.78 is 21.2. The highest BCUT2D eigenvalue weighted by Crippen LogP contribution is 2.27. The van der Waals surface area contributed by atoms with Gasteiger partial charge in [-0.15, -0.1) is 0 Å². The van der Waals surface area contributed by atoms with Crippen LogP contribution in [0.5, 0.6) is 23.0 Å². The molecule has 0 aliphatic carbocycles. The number of hydrogen-bond donors (Lipinski definition) is 0. The Labute approximate surface area is 304 Å². The van der Waals surface area contributed by atoms with Gasteiger partial charge in [-0.25, -0.2) is 9.98 Å². The summed E-state index contributed by atoms with van der Waals surface area (Å²) in [7, 11) is 6.49. The first-order valence-electron chi connectivity index (χ1n) is 17.2. The number of amides is 2. The van der Waals surface area contributed by atoms with Gasteiger partial charge in [0.2, 0.25) is 0 Å². The fourth-order valence-electron chi connectivity index (χ4n) is 6.05. The van der Waals surface area contributed by atoms with E-state index in [9.17, 15) is 9.59 Å². The van der Waals surface area contributed by atoms with Crippen LogP contribution >= 0.6 is 0 Å². The monoisotopic (exact) mass is 698 g/mol. The average Bonchev–Trinajstić information content (AvgIpc) is 3.67. The Morgan fingerprint density at radius 3 is 1.08 bits per heavy atom. The zero-order valence-corrected chi connectivity index (χ0v) is 29.9. The van der Waals surface area contributed by atoms with Crippen LogP contribution in [0.3, 0.4) is 0 Å². The molecular formula is C42H42N4O6. The summed E-state index contributed by atoms with van der Waals surface area (Å²) in [5.41, 5.74) is 4.16. The molecule has 2 aliphatic rings. The van der Waals surface area contributed by atoms with Gasteiger partial charge in [-0.05, 0) is 109 Å². The van der Waals surface area contributed by atoms with Crippen LogP contribution in [0.2, 0.25) is 0 Å². The number of methoxy groups -OCH3 is 4. The highest BCUT2D eigenvalue weighted by Gasteiger charge is 2.32. The first kappa shape index (κ1) is 35.7. The van der Waals surface area contributed by atoms with Gasteiger partial charge in [0.05, 0.1) is 28.4 Å². The van der Waals surface area contributed by atoms with Crippen LogP contribution in [0, 0.1) is 0 Å².